The molecule has 0 spiro atoms. The van der Waals surface area contributed by atoms with E-state index in [1.54, 1.807) is 42.5 Å². The molecule has 1 fully saturated rings. The number of hydrogen-bond donors (Lipinski definition) is 2. The van der Waals surface area contributed by atoms with Crippen molar-refractivity contribution in [2.45, 2.75) is 45.1 Å². The number of nitrogens with zero attached hydrogens (tertiary/aromatic N) is 2. The summed E-state index contributed by atoms with van der Waals surface area (Å²) in [7, 11) is 0. The quantitative estimate of drug-likeness (QED) is 0.274. The van der Waals surface area contributed by atoms with Crippen molar-refractivity contribution in [2.24, 2.45) is 5.92 Å². The van der Waals surface area contributed by atoms with E-state index in [0.29, 0.717) is 30.9 Å². The predicted octanol–water partition coefficient (Wildman–Crippen LogP) is 6.55. The summed E-state index contributed by atoms with van der Waals surface area (Å²) in [5.41, 5.74) is 4.10. The molecule has 2 N–H and O–H groups in total. The Hall–Kier alpha value is -4.79. The van der Waals surface area contributed by atoms with Crippen molar-refractivity contribution >= 4 is 28.9 Å². The van der Waals surface area contributed by atoms with Crippen LogP contribution >= 0.6 is 0 Å². The third-order valence-electron chi connectivity index (χ3n) is 8.52. The highest BCUT2D eigenvalue weighted by molar-refractivity contribution is 6.09. The Labute approximate surface area is 254 Å². The van der Waals surface area contributed by atoms with Gasteiger partial charge in [0, 0.05) is 60.2 Å². The lowest BCUT2D eigenvalue weighted by Crippen LogP contribution is -2.47. The lowest BCUT2D eigenvalue weighted by Gasteiger charge is -2.44. The number of piperidine rings is 1. The van der Waals surface area contributed by atoms with Crippen LogP contribution in [-0.4, -0.2) is 29.5 Å². The molecule has 2 bridgehead atoms. The molecule has 0 radical (unpaired) electrons. The molecule has 2 unspecified atom stereocenters. The molecule has 44 heavy (non-hydrogen) atoms. The first-order valence-electron chi connectivity index (χ1n) is 14.7. The van der Waals surface area contributed by atoms with Crippen molar-refractivity contribution < 1.29 is 18.4 Å². The van der Waals surface area contributed by atoms with Gasteiger partial charge in [0.2, 0.25) is 0 Å². The van der Waals surface area contributed by atoms with Gasteiger partial charge in [-0.3, -0.25) is 14.4 Å². The molecular formula is C35H34F2N4O3. The molecule has 6 rings (SSSR count). The monoisotopic (exact) mass is 596 g/mol. The zero-order valence-electron chi connectivity index (χ0n) is 24.9. The Morgan fingerprint density at radius 3 is 2.25 bits per heavy atom. The molecule has 7 nitrogen and oxygen atoms in total. The van der Waals surface area contributed by atoms with Crippen LogP contribution in [0.4, 0.5) is 25.8 Å². The zero-order valence-corrected chi connectivity index (χ0v) is 24.9. The van der Waals surface area contributed by atoms with Gasteiger partial charge < -0.3 is 20.1 Å². The molecule has 1 aromatic heterocycles. The van der Waals surface area contributed by atoms with Crippen LogP contribution in [0.25, 0.3) is 0 Å². The first-order chi connectivity index (χ1) is 21.0. The summed E-state index contributed by atoms with van der Waals surface area (Å²) in [6.07, 6.45) is 0.969. The van der Waals surface area contributed by atoms with E-state index in [2.05, 4.69) is 36.3 Å². The molecule has 2 amide bonds. The number of fused-ring (bicyclic) bond motifs is 4. The standard InChI is InChI=1S/C35H34F2N4O3/c1-35(2,3)25-10-7-22(8-11-25)33(43)39-29-16-23(34(44)38-26-12-13-27(36)28(37)17-26)9-14-31(29)40-18-21-15-24(20-40)30-5-4-6-32(42)41(30)19-21/h4-14,16-17,21,24H,15,18-20H2,1-3H3,(H,38,44)(H,39,43). The van der Waals surface area contributed by atoms with Crippen LogP contribution in [0.5, 0.6) is 0 Å². The van der Waals surface area contributed by atoms with Crippen molar-refractivity contribution in [1.29, 1.82) is 0 Å². The highest BCUT2D eigenvalue weighted by atomic mass is 19.2. The summed E-state index contributed by atoms with van der Waals surface area (Å²) >= 11 is 0. The van der Waals surface area contributed by atoms with E-state index >= 15 is 0 Å². The van der Waals surface area contributed by atoms with Crippen LogP contribution in [0.2, 0.25) is 0 Å². The van der Waals surface area contributed by atoms with Crippen molar-refractivity contribution in [3.05, 3.63) is 123 Å². The van der Waals surface area contributed by atoms with Gasteiger partial charge in [-0.05, 0) is 71.8 Å². The Balaban J connectivity index is 1.32. The van der Waals surface area contributed by atoms with Gasteiger partial charge in [-0.2, -0.15) is 0 Å². The molecule has 2 aliphatic heterocycles. The summed E-state index contributed by atoms with van der Waals surface area (Å²) in [5.74, 6) is -2.54. The molecular weight excluding hydrogens is 562 g/mol. The lowest BCUT2D eigenvalue weighted by atomic mass is 9.83. The third kappa shape index (κ3) is 5.86. The highest BCUT2D eigenvalue weighted by Crippen LogP contribution is 2.39. The van der Waals surface area contributed by atoms with Gasteiger partial charge in [0.15, 0.2) is 11.6 Å². The maximum absolute atomic E-state index is 13.8. The van der Waals surface area contributed by atoms with E-state index in [-0.39, 0.29) is 40.0 Å². The highest BCUT2D eigenvalue weighted by Gasteiger charge is 2.35. The maximum atomic E-state index is 13.8. The molecule has 2 atom stereocenters. The minimum atomic E-state index is -1.07. The van der Waals surface area contributed by atoms with E-state index in [1.165, 1.54) is 6.07 Å². The number of anilines is 3. The second-order valence-corrected chi connectivity index (χ2v) is 12.7. The fraction of sp³-hybridized carbons (Fsp3) is 0.286. The molecule has 0 saturated carbocycles. The second-order valence-electron chi connectivity index (χ2n) is 12.7. The van der Waals surface area contributed by atoms with Crippen LogP contribution < -0.4 is 21.1 Å². The van der Waals surface area contributed by atoms with Gasteiger partial charge in [0.1, 0.15) is 0 Å². The van der Waals surface area contributed by atoms with Crippen LogP contribution in [0.15, 0.2) is 83.7 Å². The van der Waals surface area contributed by atoms with Gasteiger partial charge in [-0.1, -0.05) is 39.0 Å². The molecule has 9 heteroatoms. The number of benzene rings is 3. The number of carbonyl (C=O) groups is 2. The molecule has 2 aliphatic rings. The van der Waals surface area contributed by atoms with E-state index in [1.807, 2.05) is 22.8 Å². The Morgan fingerprint density at radius 1 is 0.795 bits per heavy atom. The van der Waals surface area contributed by atoms with E-state index in [9.17, 15) is 23.2 Å². The molecule has 4 aromatic rings. The summed E-state index contributed by atoms with van der Waals surface area (Å²) in [6.45, 7) is 8.26. The molecule has 3 heterocycles. The Kier molecular flexibility index (Phi) is 7.57. The second kappa shape index (κ2) is 11.4. The molecule has 0 aliphatic carbocycles. The van der Waals surface area contributed by atoms with Gasteiger partial charge in [0.05, 0.1) is 11.4 Å². The lowest BCUT2D eigenvalue weighted by molar-refractivity contribution is 0.101. The van der Waals surface area contributed by atoms with Gasteiger partial charge in [0.25, 0.3) is 17.4 Å². The van der Waals surface area contributed by atoms with Crippen LogP contribution in [0.3, 0.4) is 0 Å². The van der Waals surface area contributed by atoms with E-state index in [4.69, 9.17) is 0 Å². The van der Waals surface area contributed by atoms with Crippen LogP contribution in [0, 0.1) is 17.6 Å². The Bertz CT molecular complexity index is 1810. The number of carbonyl (C=O) groups excluding carboxylic acids is 2. The van der Waals surface area contributed by atoms with Crippen molar-refractivity contribution in [1.82, 2.24) is 4.57 Å². The van der Waals surface area contributed by atoms with Gasteiger partial charge in [-0.15, -0.1) is 0 Å². The van der Waals surface area contributed by atoms with Gasteiger partial charge in [-0.25, -0.2) is 8.78 Å². The molecule has 226 valence electrons. The van der Waals surface area contributed by atoms with E-state index in [0.717, 1.165) is 35.5 Å². The average molecular weight is 597 g/mol. The van der Waals surface area contributed by atoms with Crippen molar-refractivity contribution in [3.63, 3.8) is 0 Å². The fourth-order valence-corrected chi connectivity index (χ4v) is 6.24. The number of halogens is 2. The van der Waals surface area contributed by atoms with Crippen LogP contribution in [0.1, 0.15) is 65.1 Å². The fourth-order valence-electron chi connectivity index (χ4n) is 6.24. The first kappa shape index (κ1) is 29.3. The summed E-state index contributed by atoms with van der Waals surface area (Å²) in [6, 6.07) is 21.0. The van der Waals surface area contributed by atoms with E-state index < -0.39 is 17.5 Å². The molecule has 1 saturated heterocycles. The SMILES string of the molecule is CC(C)(C)c1ccc(C(=O)Nc2cc(C(=O)Nc3ccc(F)c(F)c3)ccc2N2CC3CC(C2)c2cccc(=O)n2C3)cc1. The third-order valence-corrected chi connectivity index (χ3v) is 8.52. The maximum Gasteiger partial charge on any atom is 0.255 e. The topological polar surface area (TPSA) is 83.4 Å². The van der Waals surface area contributed by atoms with Crippen LogP contribution in [-0.2, 0) is 12.0 Å². The Morgan fingerprint density at radius 2 is 1.52 bits per heavy atom. The van der Waals surface area contributed by atoms with Gasteiger partial charge >= 0.3 is 0 Å². The number of nitrogens with one attached hydrogen (secondary N) is 2. The number of hydrogen-bond acceptors (Lipinski definition) is 4. The number of aromatic nitrogens is 1. The van der Waals surface area contributed by atoms with Crippen molar-refractivity contribution in [2.75, 3.05) is 28.6 Å². The predicted molar refractivity (Wildman–Crippen MR) is 168 cm³/mol. The number of rotatable bonds is 5. The minimum Gasteiger partial charge on any atom is -0.369 e. The summed E-state index contributed by atoms with van der Waals surface area (Å²) in [5, 5.41) is 5.63. The number of pyridine rings is 1. The minimum absolute atomic E-state index is 0.00693. The zero-order chi connectivity index (χ0) is 31.2. The van der Waals surface area contributed by atoms with Crippen molar-refractivity contribution in [3.8, 4) is 0 Å². The smallest absolute Gasteiger partial charge is 0.255 e. The molecule has 3 aromatic carbocycles. The normalized spacial score (nSPS) is 17.5. The largest absolute Gasteiger partial charge is 0.369 e. The number of amides is 2. The first-order valence-corrected chi connectivity index (χ1v) is 14.7. The summed E-state index contributed by atoms with van der Waals surface area (Å²) < 4.78 is 29.0. The average Bonchev–Trinajstić information content (AvgIpc) is 2.99. The summed E-state index contributed by atoms with van der Waals surface area (Å²) in [4.78, 5) is 41.4.